The first-order chi connectivity index (χ1) is 7.36. The molecule has 2 heterocycles. The van der Waals surface area contributed by atoms with Gasteiger partial charge in [-0.05, 0) is 25.0 Å². The summed E-state index contributed by atoms with van der Waals surface area (Å²) in [6, 6.07) is 6.02. The van der Waals surface area contributed by atoms with Gasteiger partial charge < -0.3 is 0 Å². The van der Waals surface area contributed by atoms with Crippen molar-refractivity contribution >= 4 is 5.65 Å². The number of rotatable bonds is 4. The van der Waals surface area contributed by atoms with E-state index in [0.717, 1.165) is 17.9 Å². The van der Waals surface area contributed by atoms with Crippen molar-refractivity contribution in [1.82, 2.24) is 14.6 Å². The molecule has 0 N–H and O–H groups in total. The van der Waals surface area contributed by atoms with Gasteiger partial charge in [-0.15, -0.1) is 10.2 Å². The van der Waals surface area contributed by atoms with Gasteiger partial charge >= 0.3 is 0 Å². The number of fused-ring (bicyclic) bond motifs is 1. The second-order valence-electron chi connectivity index (χ2n) is 3.88. The topological polar surface area (TPSA) is 30.2 Å². The van der Waals surface area contributed by atoms with Gasteiger partial charge in [0.1, 0.15) is 5.82 Å². The van der Waals surface area contributed by atoms with Gasteiger partial charge in [0.15, 0.2) is 5.65 Å². The van der Waals surface area contributed by atoms with E-state index < -0.39 is 0 Å². The lowest BCUT2D eigenvalue weighted by Gasteiger charge is -2.11. The molecule has 1 unspecified atom stereocenters. The number of hydrogen-bond acceptors (Lipinski definition) is 2. The number of aromatic nitrogens is 3. The van der Waals surface area contributed by atoms with Crippen LogP contribution in [0.15, 0.2) is 24.4 Å². The molecule has 2 aromatic heterocycles. The summed E-state index contributed by atoms with van der Waals surface area (Å²) in [5.41, 5.74) is 0.946. The van der Waals surface area contributed by atoms with Crippen LogP contribution in [0.1, 0.15) is 44.9 Å². The summed E-state index contributed by atoms with van der Waals surface area (Å²) >= 11 is 0. The van der Waals surface area contributed by atoms with Gasteiger partial charge in [-0.2, -0.15) is 0 Å². The monoisotopic (exact) mass is 203 g/mol. The highest BCUT2D eigenvalue weighted by atomic mass is 15.2. The van der Waals surface area contributed by atoms with Gasteiger partial charge in [-0.25, -0.2) is 0 Å². The summed E-state index contributed by atoms with van der Waals surface area (Å²) in [6.45, 7) is 4.43. The highest BCUT2D eigenvalue weighted by Gasteiger charge is 2.14. The van der Waals surface area contributed by atoms with Crippen LogP contribution in [0.2, 0.25) is 0 Å². The second-order valence-corrected chi connectivity index (χ2v) is 3.88. The maximum absolute atomic E-state index is 4.30. The van der Waals surface area contributed by atoms with Crippen LogP contribution in [0.5, 0.6) is 0 Å². The molecule has 0 aromatic carbocycles. The molecule has 3 nitrogen and oxygen atoms in total. The first kappa shape index (κ1) is 10.1. The molecule has 0 aliphatic carbocycles. The summed E-state index contributed by atoms with van der Waals surface area (Å²) in [5, 5.41) is 8.48. The largest absolute Gasteiger partial charge is 0.286 e. The van der Waals surface area contributed by atoms with E-state index >= 15 is 0 Å². The first-order valence-electron chi connectivity index (χ1n) is 5.66. The second kappa shape index (κ2) is 4.43. The Bertz CT molecular complexity index is 433. The molecule has 1 atom stereocenters. The molecule has 0 radical (unpaired) electrons. The van der Waals surface area contributed by atoms with E-state index in [0.29, 0.717) is 5.92 Å². The van der Waals surface area contributed by atoms with Crippen molar-refractivity contribution in [2.75, 3.05) is 0 Å². The molecule has 0 spiro atoms. The van der Waals surface area contributed by atoms with Crippen LogP contribution in [0, 0.1) is 0 Å². The molecule has 15 heavy (non-hydrogen) atoms. The molecule has 0 fully saturated rings. The standard InChI is InChI=1S/C12H17N3/c1-3-7-10(4-2)12-14-13-11-8-5-6-9-15(11)12/h5-6,8-10H,3-4,7H2,1-2H3. The summed E-state index contributed by atoms with van der Waals surface area (Å²) < 4.78 is 2.10. The van der Waals surface area contributed by atoms with E-state index in [2.05, 4.69) is 28.4 Å². The molecule has 80 valence electrons. The van der Waals surface area contributed by atoms with Crippen molar-refractivity contribution < 1.29 is 0 Å². The average molecular weight is 203 g/mol. The van der Waals surface area contributed by atoms with Crippen molar-refractivity contribution in [3.05, 3.63) is 30.2 Å². The molecular weight excluding hydrogens is 186 g/mol. The molecule has 0 saturated carbocycles. The Labute approximate surface area is 90.1 Å². The van der Waals surface area contributed by atoms with Gasteiger partial charge in [0.2, 0.25) is 0 Å². The zero-order chi connectivity index (χ0) is 10.7. The maximum Gasteiger partial charge on any atom is 0.160 e. The Hall–Kier alpha value is -1.38. The lowest BCUT2D eigenvalue weighted by atomic mass is 10.00. The lowest BCUT2D eigenvalue weighted by Crippen LogP contribution is -2.03. The Balaban J connectivity index is 2.41. The normalized spacial score (nSPS) is 13.2. The number of nitrogens with zero attached hydrogens (tertiary/aromatic N) is 3. The van der Waals surface area contributed by atoms with Crippen LogP contribution in [-0.2, 0) is 0 Å². The molecule has 0 bridgehead atoms. The van der Waals surface area contributed by atoms with E-state index in [1.54, 1.807) is 0 Å². The lowest BCUT2D eigenvalue weighted by molar-refractivity contribution is 0.559. The van der Waals surface area contributed by atoms with Gasteiger partial charge in [-0.3, -0.25) is 4.40 Å². The van der Waals surface area contributed by atoms with Crippen molar-refractivity contribution in [2.24, 2.45) is 0 Å². The van der Waals surface area contributed by atoms with Crippen molar-refractivity contribution in [1.29, 1.82) is 0 Å². The minimum atomic E-state index is 0.535. The van der Waals surface area contributed by atoms with Crippen molar-refractivity contribution in [2.45, 2.75) is 39.0 Å². The van der Waals surface area contributed by atoms with Crippen LogP contribution in [0.3, 0.4) is 0 Å². The van der Waals surface area contributed by atoms with Crippen LogP contribution < -0.4 is 0 Å². The fourth-order valence-corrected chi connectivity index (χ4v) is 2.00. The average Bonchev–Trinajstić information content (AvgIpc) is 2.70. The Morgan fingerprint density at radius 2 is 2.13 bits per heavy atom. The Kier molecular flexibility index (Phi) is 2.99. The van der Waals surface area contributed by atoms with Crippen molar-refractivity contribution in [3.8, 4) is 0 Å². The predicted molar refractivity (Wildman–Crippen MR) is 60.9 cm³/mol. The Morgan fingerprint density at radius 3 is 2.87 bits per heavy atom. The van der Waals surface area contributed by atoms with E-state index in [-0.39, 0.29) is 0 Å². The van der Waals surface area contributed by atoms with Gasteiger partial charge in [0, 0.05) is 12.1 Å². The minimum Gasteiger partial charge on any atom is -0.286 e. The summed E-state index contributed by atoms with van der Waals surface area (Å²) in [4.78, 5) is 0. The number of pyridine rings is 1. The van der Waals surface area contributed by atoms with Crippen molar-refractivity contribution in [3.63, 3.8) is 0 Å². The van der Waals surface area contributed by atoms with Crippen LogP contribution >= 0.6 is 0 Å². The van der Waals surface area contributed by atoms with Gasteiger partial charge in [-0.1, -0.05) is 26.3 Å². The quantitative estimate of drug-likeness (QED) is 0.764. The summed E-state index contributed by atoms with van der Waals surface area (Å²) in [7, 11) is 0. The van der Waals surface area contributed by atoms with E-state index in [1.807, 2.05) is 24.4 Å². The maximum atomic E-state index is 4.30. The summed E-state index contributed by atoms with van der Waals surface area (Å²) in [6.07, 6.45) is 5.55. The SMILES string of the molecule is CCCC(CC)c1nnc2ccccn12. The third-order valence-electron chi connectivity index (χ3n) is 2.84. The van der Waals surface area contributed by atoms with Crippen LogP contribution in [0.4, 0.5) is 0 Å². The third kappa shape index (κ3) is 1.87. The van der Waals surface area contributed by atoms with E-state index in [4.69, 9.17) is 0 Å². The first-order valence-corrected chi connectivity index (χ1v) is 5.66. The molecule has 0 aliphatic rings. The molecule has 3 heteroatoms. The molecule has 2 rings (SSSR count). The van der Waals surface area contributed by atoms with Crippen LogP contribution in [0.25, 0.3) is 5.65 Å². The van der Waals surface area contributed by atoms with Gasteiger partial charge in [0.05, 0.1) is 0 Å². The Morgan fingerprint density at radius 1 is 1.27 bits per heavy atom. The molecule has 0 amide bonds. The van der Waals surface area contributed by atoms with E-state index in [9.17, 15) is 0 Å². The molecule has 0 saturated heterocycles. The highest BCUT2D eigenvalue weighted by Crippen LogP contribution is 2.23. The fraction of sp³-hybridized carbons (Fsp3) is 0.500. The zero-order valence-electron chi connectivity index (χ0n) is 9.35. The van der Waals surface area contributed by atoms with Crippen LogP contribution in [-0.4, -0.2) is 14.6 Å². The van der Waals surface area contributed by atoms with E-state index in [1.165, 1.54) is 12.8 Å². The van der Waals surface area contributed by atoms with Gasteiger partial charge in [0.25, 0.3) is 0 Å². The molecule has 0 aliphatic heterocycles. The summed E-state index contributed by atoms with van der Waals surface area (Å²) in [5.74, 6) is 1.64. The minimum absolute atomic E-state index is 0.535. The number of hydrogen-bond donors (Lipinski definition) is 0. The smallest absolute Gasteiger partial charge is 0.160 e. The highest BCUT2D eigenvalue weighted by molar-refractivity contribution is 5.37. The zero-order valence-corrected chi connectivity index (χ0v) is 9.35. The molecule has 2 aromatic rings. The predicted octanol–water partition coefficient (Wildman–Crippen LogP) is 3.02. The molecular formula is C12H17N3. The fourth-order valence-electron chi connectivity index (χ4n) is 2.00. The third-order valence-corrected chi connectivity index (χ3v) is 2.84.